The Bertz CT molecular complexity index is 787. The zero-order valence-electron chi connectivity index (χ0n) is 12.9. The van der Waals surface area contributed by atoms with Crippen LogP contribution >= 0.6 is 11.3 Å². The smallest absolute Gasteiger partial charge is 0.255 e. The molecule has 0 radical (unpaired) electrons. The van der Waals surface area contributed by atoms with Crippen molar-refractivity contribution in [2.75, 3.05) is 6.54 Å². The minimum Gasteiger partial charge on any atom is -0.457 e. The first-order valence-corrected chi connectivity index (χ1v) is 8.43. The second-order valence-corrected chi connectivity index (χ2v) is 6.13. The Morgan fingerprint density at radius 2 is 1.79 bits per heavy atom. The van der Waals surface area contributed by atoms with Crippen molar-refractivity contribution in [1.29, 1.82) is 0 Å². The van der Waals surface area contributed by atoms with Gasteiger partial charge in [-0.1, -0.05) is 36.4 Å². The van der Waals surface area contributed by atoms with Crippen molar-refractivity contribution >= 4 is 17.2 Å². The molecule has 2 aromatic carbocycles. The summed E-state index contributed by atoms with van der Waals surface area (Å²) in [5.74, 6) is 0.861. The number of ether oxygens (including phenoxy) is 1. The number of nitrogens with one attached hydrogen (secondary N) is 1. The van der Waals surface area contributed by atoms with Gasteiger partial charge in [0.15, 0.2) is 0 Å². The molecule has 0 bridgehead atoms. The van der Waals surface area contributed by atoms with E-state index in [1.165, 1.54) is 11.3 Å². The fraction of sp³-hybridized carbons (Fsp3) is 0.105. The van der Waals surface area contributed by atoms with E-state index in [0.717, 1.165) is 4.88 Å². The Kier molecular flexibility index (Phi) is 5.25. The Balaban J connectivity index is 1.68. The molecule has 0 aliphatic carbocycles. The van der Waals surface area contributed by atoms with Gasteiger partial charge in [0.2, 0.25) is 0 Å². The number of carbonyl (C=O) groups is 1. The molecule has 1 amide bonds. The highest BCUT2D eigenvalue weighted by atomic mass is 32.1. The third-order valence-electron chi connectivity index (χ3n) is 3.43. The summed E-state index contributed by atoms with van der Waals surface area (Å²) < 4.78 is 5.79. The van der Waals surface area contributed by atoms with E-state index < -0.39 is 6.10 Å². The number of para-hydroxylation sites is 2. The van der Waals surface area contributed by atoms with Crippen molar-refractivity contribution in [2.24, 2.45) is 0 Å². The number of carbonyl (C=O) groups excluding carboxylic acids is 1. The van der Waals surface area contributed by atoms with Gasteiger partial charge in [-0.3, -0.25) is 4.79 Å². The Morgan fingerprint density at radius 1 is 1.04 bits per heavy atom. The lowest BCUT2D eigenvalue weighted by molar-refractivity contribution is 0.0915. The van der Waals surface area contributed by atoms with E-state index in [9.17, 15) is 9.90 Å². The average molecular weight is 339 g/mol. The lowest BCUT2D eigenvalue weighted by atomic mass is 10.2. The predicted molar refractivity (Wildman–Crippen MR) is 94.6 cm³/mol. The first-order chi connectivity index (χ1) is 11.7. The van der Waals surface area contributed by atoms with E-state index in [1.54, 1.807) is 18.2 Å². The van der Waals surface area contributed by atoms with Gasteiger partial charge in [-0.15, -0.1) is 11.3 Å². The van der Waals surface area contributed by atoms with Crippen LogP contribution in [-0.2, 0) is 0 Å². The van der Waals surface area contributed by atoms with Crippen LogP contribution in [-0.4, -0.2) is 17.6 Å². The summed E-state index contributed by atoms with van der Waals surface area (Å²) in [5, 5.41) is 14.7. The fourth-order valence-corrected chi connectivity index (χ4v) is 2.94. The van der Waals surface area contributed by atoms with Crippen LogP contribution in [0.2, 0.25) is 0 Å². The summed E-state index contributed by atoms with van der Waals surface area (Å²) in [5.41, 5.74) is 0.430. The second-order valence-electron chi connectivity index (χ2n) is 5.15. The molecule has 3 rings (SSSR count). The van der Waals surface area contributed by atoms with Gasteiger partial charge in [-0.25, -0.2) is 0 Å². The van der Waals surface area contributed by atoms with E-state index in [0.29, 0.717) is 17.1 Å². The van der Waals surface area contributed by atoms with Crippen LogP contribution < -0.4 is 10.1 Å². The van der Waals surface area contributed by atoms with E-state index in [1.807, 2.05) is 53.9 Å². The van der Waals surface area contributed by atoms with E-state index in [-0.39, 0.29) is 12.5 Å². The largest absolute Gasteiger partial charge is 0.457 e. The number of amides is 1. The summed E-state index contributed by atoms with van der Waals surface area (Å²) >= 11 is 1.46. The van der Waals surface area contributed by atoms with Crippen molar-refractivity contribution in [2.45, 2.75) is 6.10 Å². The van der Waals surface area contributed by atoms with Crippen LogP contribution in [0, 0.1) is 0 Å². The molecule has 0 unspecified atom stereocenters. The number of aliphatic hydroxyl groups excluding tert-OH is 1. The molecule has 3 aromatic rings. The third-order valence-corrected chi connectivity index (χ3v) is 4.40. The normalized spacial score (nSPS) is 11.7. The molecule has 122 valence electrons. The molecule has 0 fully saturated rings. The number of aliphatic hydroxyl groups is 1. The second kappa shape index (κ2) is 7.77. The summed E-state index contributed by atoms with van der Waals surface area (Å²) in [6, 6.07) is 20.1. The van der Waals surface area contributed by atoms with Crippen molar-refractivity contribution in [1.82, 2.24) is 5.32 Å². The topological polar surface area (TPSA) is 58.6 Å². The van der Waals surface area contributed by atoms with Gasteiger partial charge in [0.05, 0.1) is 5.56 Å². The quantitative estimate of drug-likeness (QED) is 0.713. The lowest BCUT2D eigenvalue weighted by Gasteiger charge is -2.13. The predicted octanol–water partition coefficient (Wildman–Crippen LogP) is 4.00. The zero-order valence-corrected chi connectivity index (χ0v) is 13.7. The summed E-state index contributed by atoms with van der Waals surface area (Å²) in [6.45, 7) is 0.152. The van der Waals surface area contributed by atoms with Crippen molar-refractivity contribution in [3.8, 4) is 11.5 Å². The van der Waals surface area contributed by atoms with Gasteiger partial charge in [0.25, 0.3) is 5.91 Å². The summed E-state index contributed by atoms with van der Waals surface area (Å²) in [4.78, 5) is 13.3. The summed E-state index contributed by atoms with van der Waals surface area (Å²) in [7, 11) is 0. The molecule has 0 saturated heterocycles. The fourth-order valence-electron chi connectivity index (χ4n) is 2.22. The van der Waals surface area contributed by atoms with Gasteiger partial charge < -0.3 is 15.2 Å². The number of rotatable bonds is 6. The minimum atomic E-state index is -0.712. The molecular weight excluding hydrogens is 322 g/mol. The highest BCUT2D eigenvalue weighted by Crippen LogP contribution is 2.25. The standard InChI is InChI=1S/C19H17NO3S/c21-16(18-11-6-12-24-18)13-20-19(22)15-9-4-5-10-17(15)23-14-7-2-1-3-8-14/h1-12,16,21H,13H2,(H,20,22)/t16-/m1/s1. The monoisotopic (exact) mass is 339 g/mol. The van der Waals surface area contributed by atoms with Crippen molar-refractivity contribution in [3.63, 3.8) is 0 Å². The maximum absolute atomic E-state index is 12.4. The van der Waals surface area contributed by atoms with Gasteiger partial charge in [-0.05, 0) is 35.7 Å². The highest BCUT2D eigenvalue weighted by molar-refractivity contribution is 7.10. The molecule has 0 aliphatic rings. The molecule has 24 heavy (non-hydrogen) atoms. The average Bonchev–Trinajstić information content (AvgIpc) is 3.15. The molecular formula is C19H17NO3S. The zero-order chi connectivity index (χ0) is 16.8. The van der Waals surface area contributed by atoms with Gasteiger partial charge in [0.1, 0.15) is 17.6 Å². The van der Waals surface area contributed by atoms with Gasteiger partial charge in [-0.2, -0.15) is 0 Å². The molecule has 4 nitrogen and oxygen atoms in total. The maximum atomic E-state index is 12.4. The maximum Gasteiger partial charge on any atom is 0.255 e. The van der Waals surface area contributed by atoms with E-state index >= 15 is 0 Å². The lowest BCUT2D eigenvalue weighted by Crippen LogP contribution is -2.28. The molecule has 1 aromatic heterocycles. The number of thiophene rings is 1. The van der Waals surface area contributed by atoms with Crippen LogP contribution in [0.25, 0.3) is 0 Å². The minimum absolute atomic E-state index is 0.152. The van der Waals surface area contributed by atoms with E-state index in [4.69, 9.17) is 4.74 Å². The Hall–Kier alpha value is -2.63. The molecule has 2 N–H and O–H groups in total. The Labute approximate surface area is 144 Å². The molecule has 0 aliphatic heterocycles. The van der Waals surface area contributed by atoms with Crippen LogP contribution in [0.1, 0.15) is 21.3 Å². The first-order valence-electron chi connectivity index (χ1n) is 7.55. The number of hydrogen-bond donors (Lipinski definition) is 2. The SMILES string of the molecule is O=C(NC[C@@H](O)c1cccs1)c1ccccc1Oc1ccccc1. The third kappa shape index (κ3) is 4.01. The van der Waals surface area contributed by atoms with Crippen LogP contribution in [0.5, 0.6) is 11.5 Å². The van der Waals surface area contributed by atoms with Crippen LogP contribution in [0.3, 0.4) is 0 Å². The van der Waals surface area contributed by atoms with Crippen LogP contribution in [0.4, 0.5) is 0 Å². The molecule has 1 heterocycles. The van der Waals surface area contributed by atoms with Gasteiger partial charge >= 0.3 is 0 Å². The molecule has 0 saturated carbocycles. The molecule has 5 heteroatoms. The number of hydrogen-bond acceptors (Lipinski definition) is 4. The highest BCUT2D eigenvalue weighted by Gasteiger charge is 2.15. The van der Waals surface area contributed by atoms with Crippen molar-refractivity contribution < 1.29 is 14.6 Å². The van der Waals surface area contributed by atoms with Crippen molar-refractivity contribution in [3.05, 3.63) is 82.6 Å². The molecule has 0 spiro atoms. The Morgan fingerprint density at radius 3 is 2.54 bits per heavy atom. The number of benzene rings is 2. The molecule has 1 atom stereocenters. The van der Waals surface area contributed by atoms with Crippen LogP contribution in [0.15, 0.2) is 72.1 Å². The van der Waals surface area contributed by atoms with Gasteiger partial charge in [0, 0.05) is 11.4 Å². The summed E-state index contributed by atoms with van der Waals surface area (Å²) in [6.07, 6.45) is -0.712. The first kappa shape index (κ1) is 16.2. The van der Waals surface area contributed by atoms with E-state index in [2.05, 4.69) is 5.32 Å².